The van der Waals surface area contributed by atoms with Crippen LogP contribution >= 0.6 is 22.7 Å². The molecule has 0 spiro atoms. The van der Waals surface area contributed by atoms with Crippen molar-refractivity contribution in [2.45, 2.75) is 20.1 Å². The molecule has 1 unspecified atom stereocenters. The second-order valence-electron chi connectivity index (χ2n) is 4.96. The average Bonchev–Trinajstić information content (AvgIpc) is 3.07. The van der Waals surface area contributed by atoms with Crippen molar-refractivity contribution in [2.24, 2.45) is 0 Å². The van der Waals surface area contributed by atoms with Crippen LogP contribution in [-0.4, -0.2) is 26.4 Å². The van der Waals surface area contributed by atoms with Gasteiger partial charge < -0.3 is 20.8 Å². The number of aliphatic hydroxyl groups is 1. The van der Waals surface area contributed by atoms with E-state index in [9.17, 15) is 10.2 Å². The van der Waals surface area contributed by atoms with Gasteiger partial charge in [-0.3, -0.25) is 0 Å². The van der Waals surface area contributed by atoms with Gasteiger partial charge in [-0.25, -0.2) is 9.97 Å². The molecule has 0 aliphatic heterocycles. The lowest BCUT2D eigenvalue weighted by atomic mass is 10.3. The Morgan fingerprint density at radius 1 is 1.13 bits per heavy atom. The molecule has 8 heteroatoms. The predicted molar refractivity (Wildman–Crippen MR) is 94.7 cm³/mol. The summed E-state index contributed by atoms with van der Waals surface area (Å²) >= 11 is 2.96. The Bertz CT molecular complexity index is 796. The highest BCUT2D eigenvalue weighted by Crippen LogP contribution is 2.35. The maximum Gasteiger partial charge on any atom is 0.187 e. The zero-order chi connectivity index (χ0) is 16.4. The van der Waals surface area contributed by atoms with Crippen molar-refractivity contribution in [2.75, 3.05) is 10.6 Å². The van der Waals surface area contributed by atoms with Gasteiger partial charge in [0.05, 0.1) is 16.3 Å². The lowest BCUT2D eigenvalue weighted by Crippen LogP contribution is -2.12. The standard InChI is InChI=1S/C15H16N4O2S2/c1-8-13(23-15(16-8)17-9(2)20)12-7-22-14(19-12)18-10-3-5-11(21)6-4-10/h3-7,9,20-21H,1-2H3,(H,16,17)(H,18,19). The molecule has 120 valence electrons. The van der Waals surface area contributed by atoms with Crippen molar-refractivity contribution < 1.29 is 10.2 Å². The summed E-state index contributed by atoms with van der Waals surface area (Å²) in [5.41, 5.74) is 2.59. The molecule has 0 aliphatic carbocycles. The highest BCUT2D eigenvalue weighted by molar-refractivity contribution is 7.19. The first-order valence-electron chi connectivity index (χ1n) is 6.95. The third-order valence-electron chi connectivity index (χ3n) is 2.98. The minimum absolute atomic E-state index is 0.230. The number of aryl methyl sites for hydroxylation is 1. The number of hydrogen-bond acceptors (Lipinski definition) is 8. The van der Waals surface area contributed by atoms with E-state index >= 15 is 0 Å². The van der Waals surface area contributed by atoms with E-state index in [4.69, 9.17) is 0 Å². The van der Waals surface area contributed by atoms with Crippen molar-refractivity contribution in [3.8, 4) is 16.3 Å². The van der Waals surface area contributed by atoms with E-state index in [1.54, 1.807) is 31.2 Å². The van der Waals surface area contributed by atoms with Crippen LogP contribution in [0.1, 0.15) is 12.6 Å². The van der Waals surface area contributed by atoms with E-state index in [0.717, 1.165) is 27.1 Å². The van der Waals surface area contributed by atoms with Crippen molar-refractivity contribution in [1.82, 2.24) is 9.97 Å². The van der Waals surface area contributed by atoms with Crippen molar-refractivity contribution >= 4 is 38.6 Å². The highest BCUT2D eigenvalue weighted by atomic mass is 32.1. The van der Waals surface area contributed by atoms with E-state index in [1.807, 2.05) is 12.3 Å². The number of anilines is 3. The monoisotopic (exact) mass is 348 g/mol. The van der Waals surface area contributed by atoms with Crippen LogP contribution in [0.2, 0.25) is 0 Å². The van der Waals surface area contributed by atoms with Gasteiger partial charge in [-0.1, -0.05) is 11.3 Å². The summed E-state index contributed by atoms with van der Waals surface area (Å²) in [6.07, 6.45) is -0.643. The van der Waals surface area contributed by atoms with Crippen molar-refractivity contribution in [3.05, 3.63) is 35.3 Å². The molecule has 3 rings (SSSR count). The molecular formula is C15H16N4O2S2. The SMILES string of the molecule is Cc1nc(NC(C)O)sc1-c1csc(Nc2ccc(O)cc2)n1. The largest absolute Gasteiger partial charge is 0.508 e. The van der Waals surface area contributed by atoms with Crippen molar-refractivity contribution in [3.63, 3.8) is 0 Å². The van der Waals surface area contributed by atoms with E-state index in [2.05, 4.69) is 20.6 Å². The summed E-state index contributed by atoms with van der Waals surface area (Å²) in [6, 6.07) is 6.83. The summed E-state index contributed by atoms with van der Waals surface area (Å²) in [7, 11) is 0. The molecule has 23 heavy (non-hydrogen) atoms. The van der Waals surface area contributed by atoms with Gasteiger partial charge in [-0.2, -0.15) is 0 Å². The van der Waals surface area contributed by atoms with Crippen LogP contribution in [-0.2, 0) is 0 Å². The molecule has 0 saturated carbocycles. The van der Waals surface area contributed by atoms with Crippen LogP contribution in [0.4, 0.5) is 16.0 Å². The fraction of sp³-hybridized carbons (Fsp3) is 0.200. The molecule has 1 aromatic carbocycles. The molecule has 3 aromatic rings. The van der Waals surface area contributed by atoms with Gasteiger partial charge in [0, 0.05) is 11.1 Å². The Kier molecular flexibility index (Phi) is 4.46. The molecule has 0 fully saturated rings. The number of aliphatic hydroxyl groups excluding tert-OH is 1. The van der Waals surface area contributed by atoms with Crippen molar-refractivity contribution in [1.29, 1.82) is 0 Å². The number of nitrogens with zero attached hydrogens (tertiary/aromatic N) is 2. The van der Waals surface area contributed by atoms with Gasteiger partial charge in [0.15, 0.2) is 10.3 Å². The van der Waals surface area contributed by atoms with Crippen LogP contribution in [0.5, 0.6) is 5.75 Å². The summed E-state index contributed by atoms with van der Waals surface area (Å²) in [5, 5.41) is 28.2. The first-order chi connectivity index (χ1) is 11.0. The van der Waals surface area contributed by atoms with Crippen LogP contribution in [0.25, 0.3) is 10.6 Å². The van der Waals surface area contributed by atoms with Crippen LogP contribution in [0.3, 0.4) is 0 Å². The maximum absolute atomic E-state index is 9.38. The molecule has 2 heterocycles. The smallest absolute Gasteiger partial charge is 0.187 e. The molecule has 1 atom stereocenters. The molecule has 0 radical (unpaired) electrons. The van der Waals surface area contributed by atoms with Crippen LogP contribution < -0.4 is 10.6 Å². The first-order valence-corrected chi connectivity index (χ1v) is 8.65. The van der Waals surface area contributed by atoms with Gasteiger partial charge in [0.1, 0.15) is 12.0 Å². The molecular weight excluding hydrogens is 332 g/mol. The quantitative estimate of drug-likeness (QED) is 0.414. The number of aromatic nitrogens is 2. The highest BCUT2D eigenvalue weighted by Gasteiger charge is 2.14. The molecule has 0 saturated heterocycles. The number of phenols is 1. The van der Waals surface area contributed by atoms with E-state index in [0.29, 0.717) is 5.13 Å². The number of phenolic OH excluding ortho intramolecular Hbond substituents is 1. The Hall–Kier alpha value is -2.16. The molecule has 0 bridgehead atoms. The lowest BCUT2D eigenvalue weighted by Gasteiger charge is -2.03. The van der Waals surface area contributed by atoms with Gasteiger partial charge in [-0.05, 0) is 38.1 Å². The van der Waals surface area contributed by atoms with Crippen LogP contribution in [0.15, 0.2) is 29.6 Å². The summed E-state index contributed by atoms with van der Waals surface area (Å²) in [5.74, 6) is 0.230. The second kappa shape index (κ2) is 6.53. The van der Waals surface area contributed by atoms with Gasteiger partial charge in [0.2, 0.25) is 0 Å². The first kappa shape index (κ1) is 15.7. The van der Waals surface area contributed by atoms with E-state index < -0.39 is 6.23 Å². The third-order valence-corrected chi connectivity index (χ3v) is 4.85. The second-order valence-corrected chi connectivity index (χ2v) is 6.82. The normalized spacial score (nSPS) is 12.1. The fourth-order valence-electron chi connectivity index (χ4n) is 1.98. The fourth-order valence-corrected chi connectivity index (χ4v) is 3.78. The number of hydrogen-bond donors (Lipinski definition) is 4. The molecule has 0 aliphatic rings. The maximum atomic E-state index is 9.38. The number of benzene rings is 1. The van der Waals surface area contributed by atoms with E-state index in [-0.39, 0.29) is 5.75 Å². The Morgan fingerprint density at radius 3 is 2.57 bits per heavy atom. The van der Waals surface area contributed by atoms with Gasteiger partial charge >= 0.3 is 0 Å². The summed E-state index contributed by atoms with van der Waals surface area (Å²) in [4.78, 5) is 9.95. The van der Waals surface area contributed by atoms with Gasteiger partial charge in [0.25, 0.3) is 0 Å². The average molecular weight is 348 g/mol. The topological polar surface area (TPSA) is 90.3 Å². The minimum atomic E-state index is -0.643. The zero-order valence-electron chi connectivity index (χ0n) is 12.6. The zero-order valence-corrected chi connectivity index (χ0v) is 14.2. The Labute approximate surface area is 141 Å². The predicted octanol–water partition coefficient (Wildman–Crippen LogP) is 3.77. The summed E-state index contributed by atoms with van der Waals surface area (Å²) in [6.45, 7) is 3.57. The molecule has 6 nitrogen and oxygen atoms in total. The minimum Gasteiger partial charge on any atom is -0.508 e. The Balaban J connectivity index is 1.79. The van der Waals surface area contributed by atoms with Gasteiger partial charge in [-0.15, -0.1) is 11.3 Å². The lowest BCUT2D eigenvalue weighted by molar-refractivity contribution is 0.224. The molecule has 2 aromatic heterocycles. The Morgan fingerprint density at radius 2 is 1.87 bits per heavy atom. The number of nitrogens with one attached hydrogen (secondary N) is 2. The molecule has 4 N–H and O–H groups in total. The van der Waals surface area contributed by atoms with E-state index in [1.165, 1.54) is 22.7 Å². The number of aromatic hydroxyl groups is 1. The number of rotatable bonds is 5. The molecule has 0 amide bonds. The third kappa shape index (κ3) is 3.79. The number of thiazole rings is 2. The summed E-state index contributed by atoms with van der Waals surface area (Å²) < 4.78 is 0. The van der Waals surface area contributed by atoms with Crippen LogP contribution in [0, 0.1) is 6.92 Å².